The van der Waals surface area contributed by atoms with Gasteiger partial charge in [-0.2, -0.15) is 13.2 Å². The van der Waals surface area contributed by atoms with Crippen LogP contribution in [0.15, 0.2) is 53.1 Å². The van der Waals surface area contributed by atoms with Crippen molar-refractivity contribution < 1.29 is 31.9 Å². The van der Waals surface area contributed by atoms with Gasteiger partial charge in [-0.25, -0.2) is 4.98 Å². The summed E-state index contributed by atoms with van der Waals surface area (Å²) in [6.45, 7) is 0.518. The number of hydrogen-bond donors (Lipinski definition) is 1. The minimum Gasteiger partial charge on any atom is -0.493 e. The number of benzene rings is 2. The van der Waals surface area contributed by atoms with Gasteiger partial charge in [-0.1, -0.05) is 18.2 Å². The van der Waals surface area contributed by atoms with E-state index in [1.54, 1.807) is 18.2 Å². The summed E-state index contributed by atoms with van der Waals surface area (Å²) in [5, 5.41) is 2.76. The van der Waals surface area contributed by atoms with Crippen LogP contribution in [0.25, 0.3) is 11.5 Å². The fraction of sp³-hybridized carbons (Fsp3) is 0.238. The number of carbonyl (C=O) groups excluding carboxylic acids is 1. The van der Waals surface area contributed by atoms with Gasteiger partial charge in [-0.15, -0.1) is 0 Å². The summed E-state index contributed by atoms with van der Waals surface area (Å²) in [6, 6.07) is 11.6. The van der Waals surface area contributed by atoms with E-state index in [0.29, 0.717) is 16.8 Å². The van der Waals surface area contributed by atoms with Crippen molar-refractivity contribution in [2.75, 3.05) is 13.7 Å². The van der Waals surface area contributed by atoms with Crippen LogP contribution in [0.4, 0.5) is 13.2 Å². The summed E-state index contributed by atoms with van der Waals surface area (Å²) in [5.41, 5.74) is 2.27. The van der Waals surface area contributed by atoms with Crippen LogP contribution < -0.4 is 14.8 Å². The fourth-order valence-electron chi connectivity index (χ4n) is 2.70. The van der Waals surface area contributed by atoms with Crippen LogP contribution in [0.5, 0.6) is 11.5 Å². The van der Waals surface area contributed by atoms with E-state index in [2.05, 4.69) is 10.3 Å². The number of nitrogens with one attached hydrogen (secondary N) is 1. The molecular weight excluding hydrogens is 401 g/mol. The minimum absolute atomic E-state index is 0.0834. The molecule has 0 aliphatic rings. The standard InChI is InChI=1S/C21H19F3N2O4/c1-13-5-3-4-6-16(13)19(27)25-10-15-11-29-20(26-15)14-7-8-17(28-2)18(9-14)30-12-21(22,23)24/h3-9,11H,10,12H2,1-2H3,(H,25,27). The van der Waals surface area contributed by atoms with E-state index in [1.165, 1.54) is 25.5 Å². The maximum Gasteiger partial charge on any atom is 0.422 e. The molecular formula is C21H19F3N2O4. The third kappa shape index (κ3) is 5.31. The van der Waals surface area contributed by atoms with Crippen LogP contribution in [0, 0.1) is 6.92 Å². The second-order valence-corrected chi connectivity index (χ2v) is 6.41. The van der Waals surface area contributed by atoms with E-state index in [-0.39, 0.29) is 29.8 Å². The lowest BCUT2D eigenvalue weighted by molar-refractivity contribution is -0.153. The van der Waals surface area contributed by atoms with Crippen molar-refractivity contribution in [1.82, 2.24) is 10.3 Å². The predicted molar refractivity (Wildman–Crippen MR) is 102 cm³/mol. The summed E-state index contributed by atoms with van der Waals surface area (Å²) in [4.78, 5) is 16.6. The van der Waals surface area contributed by atoms with Crippen molar-refractivity contribution in [1.29, 1.82) is 0 Å². The number of amides is 1. The number of ether oxygens (including phenoxy) is 2. The van der Waals surface area contributed by atoms with Crippen LogP contribution in [-0.2, 0) is 6.54 Å². The van der Waals surface area contributed by atoms with Gasteiger partial charge in [0.2, 0.25) is 5.89 Å². The first kappa shape index (κ1) is 21.2. The highest BCUT2D eigenvalue weighted by atomic mass is 19.4. The van der Waals surface area contributed by atoms with Crippen molar-refractivity contribution in [3.63, 3.8) is 0 Å². The van der Waals surface area contributed by atoms with Gasteiger partial charge in [0.05, 0.1) is 19.3 Å². The highest BCUT2D eigenvalue weighted by molar-refractivity contribution is 5.95. The third-order valence-electron chi connectivity index (χ3n) is 4.17. The Morgan fingerprint density at radius 2 is 1.93 bits per heavy atom. The van der Waals surface area contributed by atoms with Gasteiger partial charge in [-0.3, -0.25) is 4.79 Å². The first-order valence-corrected chi connectivity index (χ1v) is 8.93. The van der Waals surface area contributed by atoms with E-state index in [4.69, 9.17) is 13.9 Å². The number of methoxy groups -OCH3 is 1. The Morgan fingerprint density at radius 3 is 2.63 bits per heavy atom. The van der Waals surface area contributed by atoms with Crippen molar-refractivity contribution in [2.24, 2.45) is 0 Å². The molecule has 3 aromatic rings. The molecule has 0 fully saturated rings. The lowest BCUT2D eigenvalue weighted by Gasteiger charge is -2.13. The molecule has 1 heterocycles. The monoisotopic (exact) mass is 420 g/mol. The van der Waals surface area contributed by atoms with E-state index >= 15 is 0 Å². The molecule has 0 atom stereocenters. The van der Waals surface area contributed by atoms with Gasteiger partial charge in [0.25, 0.3) is 5.91 Å². The van der Waals surface area contributed by atoms with Crippen LogP contribution in [0.1, 0.15) is 21.6 Å². The average molecular weight is 420 g/mol. The number of alkyl halides is 3. The number of halogens is 3. The third-order valence-corrected chi connectivity index (χ3v) is 4.17. The van der Waals surface area contributed by atoms with Crippen LogP contribution in [-0.4, -0.2) is 30.8 Å². The molecule has 0 radical (unpaired) electrons. The molecule has 0 saturated carbocycles. The maximum absolute atomic E-state index is 12.5. The topological polar surface area (TPSA) is 73.6 Å². The van der Waals surface area contributed by atoms with Gasteiger partial charge in [0, 0.05) is 11.1 Å². The van der Waals surface area contributed by atoms with Crippen LogP contribution >= 0.6 is 0 Å². The zero-order chi connectivity index (χ0) is 21.7. The first-order chi connectivity index (χ1) is 14.3. The second-order valence-electron chi connectivity index (χ2n) is 6.41. The summed E-state index contributed by atoms with van der Waals surface area (Å²) >= 11 is 0. The maximum atomic E-state index is 12.5. The second kappa shape index (κ2) is 8.89. The largest absolute Gasteiger partial charge is 0.493 e. The summed E-state index contributed by atoms with van der Waals surface area (Å²) in [7, 11) is 1.33. The molecule has 1 N–H and O–H groups in total. The van der Waals surface area contributed by atoms with E-state index in [9.17, 15) is 18.0 Å². The van der Waals surface area contributed by atoms with Gasteiger partial charge in [-0.05, 0) is 36.8 Å². The van der Waals surface area contributed by atoms with Gasteiger partial charge < -0.3 is 19.2 Å². The lowest BCUT2D eigenvalue weighted by Crippen LogP contribution is -2.23. The molecule has 0 spiro atoms. The summed E-state index contributed by atoms with van der Waals surface area (Å²) < 4.78 is 52.7. The first-order valence-electron chi connectivity index (χ1n) is 8.93. The molecule has 30 heavy (non-hydrogen) atoms. The Morgan fingerprint density at radius 1 is 1.17 bits per heavy atom. The molecule has 2 aromatic carbocycles. The molecule has 0 aliphatic heterocycles. The quantitative estimate of drug-likeness (QED) is 0.608. The fourth-order valence-corrected chi connectivity index (χ4v) is 2.70. The normalized spacial score (nSPS) is 11.2. The highest BCUT2D eigenvalue weighted by Gasteiger charge is 2.29. The Bertz CT molecular complexity index is 1030. The Labute approximate surface area is 170 Å². The predicted octanol–water partition coefficient (Wildman–Crippen LogP) is 4.53. The molecule has 1 aromatic heterocycles. The Hall–Kier alpha value is -3.49. The number of oxazole rings is 1. The van der Waals surface area contributed by atoms with Crippen LogP contribution in [0.3, 0.4) is 0 Å². The van der Waals surface area contributed by atoms with E-state index in [1.807, 2.05) is 19.1 Å². The van der Waals surface area contributed by atoms with Gasteiger partial charge >= 0.3 is 6.18 Å². The highest BCUT2D eigenvalue weighted by Crippen LogP contribution is 2.33. The molecule has 6 nitrogen and oxygen atoms in total. The number of aromatic nitrogens is 1. The smallest absolute Gasteiger partial charge is 0.422 e. The summed E-state index contributed by atoms with van der Waals surface area (Å²) in [6.07, 6.45) is -3.11. The van der Waals surface area contributed by atoms with Crippen LogP contribution in [0.2, 0.25) is 0 Å². The zero-order valence-corrected chi connectivity index (χ0v) is 16.2. The number of nitrogens with zero attached hydrogens (tertiary/aromatic N) is 1. The number of hydrogen-bond acceptors (Lipinski definition) is 5. The SMILES string of the molecule is COc1ccc(-c2nc(CNC(=O)c3ccccc3C)co2)cc1OCC(F)(F)F. The van der Waals surface area contributed by atoms with Crippen molar-refractivity contribution in [3.8, 4) is 23.0 Å². The number of aryl methyl sites for hydroxylation is 1. The molecule has 158 valence electrons. The van der Waals surface area contributed by atoms with E-state index < -0.39 is 12.8 Å². The zero-order valence-electron chi connectivity index (χ0n) is 16.2. The van der Waals surface area contributed by atoms with Crippen molar-refractivity contribution >= 4 is 5.91 Å². The number of carbonyl (C=O) groups is 1. The molecule has 3 rings (SSSR count). The molecule has 0 bridgehead atoms. The molecule has 1 amide bonds. The molecule has 0 saturated heterocycles. The Kier molecular flexibility index (Phi) is 6.29. The van der Waals surface area contributed by atoms with Gasteiger partial charge in [0.15, 0.2) is 18.1 Å². The minimum atomic E-state index is -4.48. The molecule has 9 heteroatoms. The lowest BCUT2D eigenvalue weighted by atomic mass is 10.1. The summed E-state index contributed by atoms with van der Waals surface area (Å²) in [5.74, 6) is -0.000193. The van der Waals surface area contributed by atoms with E-state index in [0.717, 1.165) is 5.56 Å². The van der Waals surface area contributed by atoms with Gasteiger partial charge in [0.1, 0.15) is 6.26 Å². The van der Waals surface area contributed by atoms with Crippen molar-refractivity contribution in [2.45, 2.75) is 19.6 Å². The van der Waals surface area contributed by atoms with Crippen molar-refractivity contribution in [3.05, 3.63) is 65.5 Å². The average Bonchev–Trinajstić information content (AvgIpc) is 3.19. The Balaban J connectivity index is 1.71. The molecule has 0 aliphatic carbocycles. The number of rotatable bonds is 7. The molecule has 0 unspecified atom stereocenters.